The van der Waals surface area contributed by atoms with Crippen LogP contribution in [-0.2, 0) is 6.54 Å². The van der Waals surface area contributed by atoms with Gasteiger partial charge in [-0.2, -0.15) is 0 Å². The minimum absolute atomic E-state index is 0.186. The molecule has 0 saturated heterocycles. The fourth-order valence-electron chi connectivity index (χ4n) is 3.28. The smallest absolute Gasteiger partial charge is 0.337 e. The molecule has 0 aliphatic carbocycles. The van der Waals surface area contributed by atoms with Gasteiger partial charge in [0.2, 0.25) is 0 Å². The Morgan fingerprint density at radius 1 is 0.929 bits per heavy atom. The number of hydrogen-bond donors (Lipinski definition) is 1. The topological polar surface area (TPSA) is 82.9 Å². The zero-order valence-corrected chi connectivity index (χ0v) is 15.7. The summed E-state index contributed by atoms with van der Waals surface area (Å²) in [5, 5.41) is 0.349. The molecule has 28 heavy (non-hydrogen) atoms. The number of hydrogen-bond acceptors (Lipinski definition) is 4. The molecule has 0 fully saturated rings. The van der Waals surface area contributed by atoms with Crippen LogP contribution in [-0.4, -0.2) is 14.1 Å². The Morgan fingerprint density at radius 2 is 1.68 bits per heavy atom. The maximum atomic E-state index is 13.3. The van der Waals surface area contributed by atoms with E-state index in [-0.39, 0.29) is 23.6 Å². The molecule has 6 heteroatoms. The van der Waals surface area contributed by atoms with Crippen LogP contribution in [0, 0.1) is 13.8 Å². The summed E-state index contributed by atoms with van der Waals surface area (Å²) in [6.07, 6.45) is 0. The Kier molecular flexibility index (Phi) is 4.31. The number of fused-ring (bicyclic) bond motifs is 1. The third-order valence-electron chi connectivity index (χ3n) is 4.93. The summed E-state index contributed by atoms with van der Waals surface area (Å²) in [6.45, 7) is 4.22. The molecule has 0 atom stereocenters. The van der Waals surface area contributed by atoms with Gasteiger partial charge in [0, 0.05) is 0 Å². The van der Waals surface area contributed by atoms with Crippen molar-refractivity contribution in [2.45, 2.75) is 20.4 Å². The number of rotatable bonds is 3. The molecule has 2 aromatic carbocycles. The number of aromatic nitrogens is 3. The molecule has 140 valence electrons. The molecule has 2 N–H and O–H groups in total. The minimum atomic E-state index is -0.444. The second kappa shape index (κ2) is 6.81. The van der Waals surface area contributed by atoms with Gasteiger partial charge in [-0.25, -0.2) is 14.3 Å². The lowest BCUT2D eigenvalue weighted by Gasteiger charge is -2.14. The molecule has 0 aliphatic heterocycles. The van der Waals surface area contributed by atoms with Crippen LogP contribution in [0.1, 0.15) is 16.7 Å². The summed E-state index contributed by atoms with van der Waals surface area (Å²) in [5.41, 5.74) is 9.07. The van der Waals surface area contributed by atoms with E-state index in [0.717, 1.165) is 16.7 Å². The van der Waals surface area contributed by atoms with Crippen LogP contribution >= 0.6 is 0 Å². The van der Waals surface area contributed by atoms with E-state index < -0.39 is 5.69 Å². The number of benzene rings is 2. The summed E-state index contributed by atoms with van der Waals surface area (Å²) in [6, 6.07) is 18.3. The molecular weight excluding hydrogens is 352 g/mol. The van der Waals surface area contributed by atoms with Gasteiger partial charge in [0.1, 0.15) is 5.82 Å². The SMILES string of the molecule is Cc1ccc(Cn2c(=O)c3ccc(N)nc3n(-c3ccccc3)c2=O)cc1C. The van der Waals surface area contributed by atoms with E-state index in [9.17, 15) is 9.59 Å². The number of pyridine rings is 1. The van der Waals surface area contributed by atoms with Gasteiger partial charge in [-0.05, 0) is 54.8 Å². The molecule has 0 spiro atoms. The first-order valence-electron chi connectivity index (χ1n) is 8.99. The van der Waals surface area contributed by atoms with Gasteiger partial charge < -0.3 is 5.73 Å². The first-order valence-corrected chi connectivity index (χ1v) is 8.99. The van der Waals surface area contributed by atoms with E-state index in [2.05, 4.69) is 4.98 Å². The molecule has 2 aromatic heterocycles. The fraction of sp³-hybridized carbons (Fsp3) is 0.136. The Morgan fingerprint density at radius 3 is 2.39 bits per heavy atom. The number of aryl methyl sites for hydroxylation is 2. The first-order chi connectivity index (χ1) is 13.5. The van der Waals surface area contributed by atoms with Crippen LogP contribution in [0.3, 0.4) is 0 Å². The average Bonchev–Trinajstić information content (AvgIpc) is 2.68. The predicted octanol–water partition coefficient (Wildman–Crippen LogP) is 2.79. The largest absolute Gasteiger partial charge is 0.384 e. The van der Waals surface area contributed by atoms with Gasteiger partial charge in [0.25, 0.3) is 5.56 Å². The van der Waals surface area contributed by atoms with E-state index in [1.807, 2.05) is 50.2 Å². The van der Waals surface area contributed by atoms with Gasteiger partial charge in [0.15, 0.2) is 5.65 Å². The number of anilines is 1. The number of nitrogens with zero attached hydrogens (tertiary/aromatic N) is 3. The summed E-state index contributed by atoms with van der Waals surface area (Å²) >= 11 is 0. The van der Waals surface area contributed by atoms with Crippen LogP contribution < -0.4 is 17.0 Å². The van der Waals surface area contributed by atoms with Crippen molar-refractivity contribution in [3.8, 4) is 5.69 Å². The van der Waals surface area contributed by atoms with E-state index in [1.54, 1.807) is 24.3 Å². The number of nitrogens with two attached hydrogens (primary N) is 1. The molecule has 6 nitrogen and oxygen atoms in total. The zero-order valence-electron chi connectivity index (χ0n) is 15.7. The molecule has 0 amide bonds. The van der Waals surface area contributed by atoms with Crippen molar-refractivity contribution in [1.29, 1.82) is 0 Å². The highest BCUT2D eigenvalue weighted by Gasteiger charge is 2.16. The second-order valence-corrected chi connectivity index (χ2v) is 6.87. The Labute approximate surface area is 161 Å². The van der Waals surface area contributed by atoms with Crippen molar-refractivity contribution in [2.75, 3.05) is 5.73 Å². The normalized spacial score (nSPS) is 11.1. The zero-order chi connectivity index (χ0) is 19.8. The van der Waals surface area contributed by atoms with E-state index in [0.29, 0.717) is 11.1 Å². The summed E-state index contributed by atoms with van der Waals surface area (Å²) < 4.78 is 2.69. The van der Waals surface area contributed by atoms with Crippen LogP contribution in [0.2, 0.25) is 0 Å². The molecule has 0 aliphatic rings. The summed E-state index contributed by atoms with van der Waals surface area (Å²) in [4.78, 5) is 30.7. The third kappa shape index (κ3) is 2.99. The van der Waals surface area contributed by atoms with E-state index in [4.69, 9.17) is 5.73 Å². The molecule has 0 saturated carbocycles. The minimum Gasteiger partial charge on any atom is -0.384 e. The molecule has 0 bridgehead atoms. The van der Waals surface area contributed by atoms with Crippen LogP contribution in [0.5, 0.6) is 0 Å². The van der Waals surface area contributed by atoms with Crippen molar-refractivity contribution in [2.24, 2.45) is 0 Å². The van der Waals surface area contributed by atoms with Gasteiger partial charge in [-0.15, -0.1) is 0 Å². The third-order valence-corrected chi connectivity index (χ3v) is 4.93. The lowest BCUT2D eigenvalue weighted by atomic mass is 10.1. The molecule has 0 unspecified atom stereocenters. The van der Waals surface area contributed by atoms with Crippen LogP contribution in [0.25, 0.3) is 16.7 Å². The maximum absolute atomic E-state index is 13.3. The molecular formula is C22H20N4O2. The second-order valence-electron chi connectivity index (χ2n) is 6.87. The highest BCUT2D eigenvalue weighted by atomic mass is 16.2. The van der Waals surface area contributed by atoms with Gasteiger partial charge in [-0.3, -0.25) is 9.36 Å². The van der Waals surface area contributed by atoms with E-state index >= 15 is 0 Å². The van der Waals surface area contributed by atoms with Crippen molar-refractivity contribution in [3.63, 3.8) is 0 Å². The fourth-order valence-corrected chi connectivity index (χ4v) is 3.28. The molecule has 0 radical (unpaired) electrons. The van der Waals surface area contributed by atoms with Gasteiger partial charge in [0.05, 0.1) is 17.6 Å². The Bertz CT molecular complexity index is 1300. The van der Waals surface area contributed by atoms with Crippen molar-refractivity contribution >= 4 is 16.9 Å². The quantitative estimate of drug-likeness (QED) is 0.599. The van der Waals surface area contributed by atoms with Gasteiger partial charge in [-0.1, -0.05) is 36.4 Å². The number of para-hydroxylation sites is 1. The summed E-state index contributed by atoms with van der Waals surface area (Å²) in [5.74, 6) is 0.253. The Hall–Kier alpha value is -3.67. The summed E-state index contributed by atoms with van der Waals surface area (Å²) in [7, 11) is 0. The van der Waals surface area contributed by atoms with Crippen LogP contribution in [0.4, 0.5) is 5.82 Å². The molecule has 2 heterocycles. The Balaban J connectivity index is 2.02. The van der Waals surface area contributed by atoms with Crippen molar-refractivity contribution < 1.29 is 0 Å². The highest BCUT2D eigenvalue weighted by Crippen LogP contribution is 2.15. The highest BCUT2D eigenvalue weighted by molar-refractivity contribution is 5.77. The van der Waals surface area contributed by atoms with E-state index in [1.165, 1.54) is 9.13 Å². The number of nitrogen functional groups attached to an aromatic ring is 1. The molecule has 4 aromatic rings. The monoisotopic (exact) mass is 372 g/mol. The lowest BCUT2D eigenvalue weighted by Crippen LogP contribution is -2.40. The van der Waals surface area contributed by atoms with Gasteiger partial charge >= 0.3 is 5.69 Å². The predicted molar refractivity (Wildman–Crippen MR) is 111 cm³/mol. The van der Waals surface area contributed by atoms with Crippen molar-refractivity contribution in [3.05, 3.63) is 98.2 Å². The van der Waals surface area contributed by atoms with Crippen LogP contribution in [0.15, 0.2) is 70.3 Å². The standard InChI is InChI=1S/C22H20N4O2/c1-14-8-9-16(12-15(14)2)13-25-21(27)18-10-11-19(23)24-20(18)26(22(25)28)17-6-4-3-5-7-17/h3-12H,13H2,1-2H3,(H2,23,24). The van der Waals surface area contributed by atoms with Crippen molar-refractivity contribution in [1.82, 2.24) is 14.1 Å². The lowest BCUT2D eigenvalue weighted by molar-refractivity contribution is 0.682. The average molecular weight is 372 g/mol. The molecule has 4 rings (SSSR count). The first kappa shape index (κ1) is 17.7. The maximum Gasteiger partial charge on any atom is 0.337 e.